The molecular weight excluding hydrogens is 382 g/mol. The van der Waals surface area contributed by atoms with E-state index in [1.807, 2.05) is 34.1 Å². The minimum absolute atomic E-state index is 0.00763. The SMILES string of the molecule is O=C(Nc1ccccc1OCC1CCCCO1)C1CCN(C(=O)N2CCCC2)CC1. The molecule has 1 atom stereocenters. The lowest BCUT2D eigenvalue weighted by atomic mass is 9.96. The number of carbonyl (C=O) groups is 2. The molecule has 0 spiro atoms. The van der Waals surface area contributed by atoms with Gasteiger partial charge in [-0.15, -0.1) is 0 Å². The van der Waals surface area contributed by atoms with Crippen LogP contribution in [0.4, 0.5) is 10.5 Å². The molecule has 1 N–H and O–H groups in total. The first-order chi connectivity index (χ1) is 14.7. The van der Waals surface area contributed by atoms with Crippen LogP contribution in [0.1, 0.15) is 44.9 Å². The maximum absolute atomic E-state index is 12.9. The highest BCUT2D eigenvalue weighted by Gasteiger charge is 2.30. The van der Waals surface area contributed by atoms with Crippen LogP contribution < -0.4 is 10.1 Å². The van der Waals surface area contributed by atoms with Crippen LogP contribution in [0.5, 0.6) is 5.75 Å². The lowest BCUT2D eigenvalue weighted by Crippen LogP contribution is -2.47. The quantitative estimate of drug-likeness (QED) is 0.799. The monoisotopic (exact) mass is 415 g/mol. The largest absolute Gasteiger partial charge is 0.489 e. The second-order valence-electron chi connectivity index (χ2n) is 8.52. The number of amides is 3. The molecule has 3 aliphatic heterocycles. The van der Waals surface area contributed by atoms with Gasteiger partial charge in [0.05, 0.1) is 11.8 Å². The van der Waals surface area contributed by atoms with Crippen molar-refractivity contribution in [1.82, 2.24) is 9.80 Å². The molecule has 3 heterocycles. The number of likely N-dealkylation sites (tertiary alicyclic amines) is 2. The molecular formula is C23H33N3O4. The molecule has 3 amide bonds. The number of urea groups is 1. The van der Waals surface area contributed by atoms with Crippen LogP contribution in [0.3, 0.4) is 0 Å². The van der Waals surface area contributed by atoms with Gasteiger partial charge in [-0.2, -0.15) is 0 Å². The van der Waals surface area contributed by atoms with Crippen LogP contribution >= 0.6 is 0 Å². The number of anilines is 1. The molecule has 164 valence electrons. The van der Waals surface area contributed by atoms with Gasteiger partial charge >= 0.3 is 6.03 Å². The molecule has 4 rings (SSSR count). The van der Waals surface area contributed by atoms with E-state index in [0.717, 1.165) is 45.4 Å². The second kappa shape index (κ2) is 10.2. The molecule has 1 unspecified atom stereocenters. The normalized spacial score (nSPS) is 22.7. The molecule has 7 heteroatoms. The van der Waals surface area contributed by atoms with E-state index in [4.69, 9.17) is 9.47 Å². The van der Waals surface area contributed by atoms with Gasteiger partial charge < -0.3 is 24.6 Å². The van der Waals surface area contributed by atoms with Crippen LogP contribution in [0.2, 0.25) is 0 Å². The highest BCUT2D eigenvalue weighted by Crippen LogP contribution is 2.27. The fourth-order valence-corrected chi connectivity index (χ4v) is 4.49. The molecule has 0 aromatic heterocycles. The second-order valence-corrected chi connectivity index (χ2v) is 8.52. The molecule has 3 aliphatic rings. The van der Waals surface area contributed by atoms with Gasteiger partial charge in [0.1, 0.15) is 12.4 Å². The first kappa shape index (κ1) is 21.0. The van der Waals surface area contributed by atoms with Gasteiger partial charge in [-0.25, -0.2) is 4.79 Å². The standard InChI is InChI=1S/C23H33N3O4/c27-22(18-10-14-26(15-11-18)23(28)25-12-4-5-13-25)24-20-8-1-2-9-21(20)30-17-19-7-3-6-16-29-19/h1-2,8-9,18-19H,3-7,10-17H2,(H,24,27). The Bertz CT molecular complexity index is 721. The Morgan fingerprint density at radius 2 is 1.70 bits per heavy atom. The Hall–Kier alpha value is -2.28. The summed E-state index contributed by atoms with van der Waals surface area (Å²) >= 11 is 0. The van der Waals surface area contributed by atoms with Crippen LogP contribution in [0.15, 0.2) is 24.3 Å². The Morgan fingerprint density at radius 3 is 2.43 bits per heavy atom. The van der Waals surface area contributed by atoms with E-state index in [0.29, 0.717) is 44.0 Å². The summed E-state index contributed by atoms with van der Waals surface area (Å²) < 4.78 is 11.7. The van der Waals surface area contributed by atoms with E-state index >= 15 is 0 Å². The zero-order valence-corrected chi connectivity index (χ0v) is 17.7. The first-order valence-corrected chi connectivity index (χ1v) is 11.4. The predicted octanol–water partition coefficient (Wildman–Crippen LogP) is 3.50. The summed E-state index contributed by atoms with van der Waals surface area (Å²) in [5, 5.41) is 3.05. The van der Waals surface area contributed by atoms with E-state index in [1.54, 1.807) is 0 Å². The summed E-state index contributed by atoms with van der Waals surface area (Å²) in [4.78, 5) is 29.2. The molecule has 0 bridgehead atoms. The predicted molar refractivity (Wildman–Crippen MR) is 115 cm³/mol. The molecule has 1 aromatic rings. The van der Waals surface area contributed by atoms with Gasteiger partial charge in [0.2, 0.25) is 5.91 Å². The van der Waals surface area contributed by atoms with E-state index in [-0.39, 0.29) is 24.0 Å². The number of piperidine rings is 1. The first-order valence-electron chi connectivity index (χ1n) is 11.4. The van der Waals surface area contributed by atoms with Crippen molar-refractivity contribution < 1.29 is 19.1 Å². The number of nitrogens with one attached hydrogen (secondary N) is 1. The van der Waals surface area contributed by atoms with Gasteiger partial charge in [-0.05, 0) is 57.1 Å². The van der Waals surface area contributed by atoms with Crippen molar-refractivity contribution in [3.05, 3.63) is 24.3 Å². The zero-order valence-electron chi connectivity index (χ0n) is 17.7. The number of carbonyl (C=O) groups excluding carboxylic acids is 2. The van der Waals surface area contributed by atoms with Crippen LogP contribution in [-0.4, -0.2) is 67.2 Å². The molecule has 1 aromatic carbocycles. The van der Waals surface area contributed by atoms with Gasteiger partial charge in [0.25, 0.3) is 0 Å². The van der Waals surface area contributed by atoms with Crippen LogP contribution in [0.25, 0.3) is 0 Å². The number of hydrogen-bond donors (Lipinski definition) is 1. The minimum atomic E-state index is -0.0811. The van der Waals surface area contributed by atoms with E-state index in [2.05, 4.69) is 5.32 Å². The highest BCUT2D eigenvalue weighted by molar-refractivity contribution is 5.94. The molecule has 7 nitrogen and oxygen atoms in total. The Kier molecular flexibility index (Phi) is 7.10. The van der Waals surface area contributed by atoms with Crippen molar-refractivity contribution >= 4 is 17.6 Å². The maximum atomic E-state index is 12.9. The van der Waals surface area contributed by atoms with Crippen molar-refractivity contribution in [1.29, 1.82) is 0 Å². The minimum Gasteiger partial charge on any atom is -0.489 e. The third-order valence-electron chi connectivity index (χ3n) is 6.36. The molecule has 0 saturated carbocycles. The summed E-state index contributed by atoms with van der Waals surface area (Å²) in [6.07, 6.45) is 7.02. The number of para-hydroxylation sites is 2. The van der Waals surface area contributed by atoms with E-state index < -0.39 is 0 Å². The van der Waals surface area contributed by atoms with E-state index in [1.165, 1.54) is 6.42 Å². The van der Waals surface area contributed by atoms with Crippen molar-refractivity contribution in [2.75, 3.05) is 44.7 Å². The third-order valence-corrected chi connectivity index (χ3v) is 6.36. The van der Waals surface area contributed by atoms with Crippen molar-refractivity contribution in [3.63, 3.8) is 0 Å². The average molecular weight is 416 g/mol. The molecule has 0 radical (unpaired) electrons. The van der Waals surface area contributed by atoms with Crippen molar-refractivity contribution in [2.24, 2.45) is 5.92 Å². The topological polar surface area (TPSA) is 71.1 Å². The van der Waals surface area contributed by atoms with Gasteiger partial charge in [0, 0.05) is 38.7 Å². The lowest BCUT2D eigenvalue weighted by Gasteiger charge is -2.34. The molecule has 0 aliphatic carbocycles. The molecule has 3 saturated heterocycles. The van der Waals surface area contributed by atoms with Crippen molar-refractivity contribution in [2.45, 2.75) is 51.0 Å². The molecule has 30 heavy (non-hydrogen) atoms. The number of hydrogen-bond acceptors (Lipinski definition) is 4. The summed E-state index contributed by atoms with van der Waals surface area (Å²) in [6.45, 7) is 4.31. The Labute approximate surface area is 178 Å². The van der Waals surface area contributed by atoms with E-state index in [9.17, 15) is 9.59 Å². The number of benzene rings is 1. The van der Waals surface area contributed by atoms with Crippen LogP contribution in [-0.2, 0) is 9.53 Å². The fourth-order valence-electron chi connectivity index (χ4n) is 4.49. The van der Waals surface area contributed by atoms with Crippen molar-refractivity contribution in [3.8, 4) is 5.75 Å². The molecule has 3 fully saturated rings. The summed E-state index contributed by atoms with van der Waals surface area (Å²) in [6, 6.07) is 7.71. The zero-order chi connectivity index (χ0) is 20.8. The van der Waals surface area contributed by atoms with Gasteiger partial charge in [0.15, 0.2) is 0 Å². The maximum Gasteiger partial charge on any atom is 0.319 e. The number of ether oxygens (including phenoxy) is 2. The third kappa shape index (κ3) is 5.25. The van der Waals surface area contributed by atoms with Gasteiger partial charge in [-0.1, -0.05) is 12.1 Å². The number of rotatable bonds is 5. The highest BCUT2D eigenvalue weighted by atomic mass is 16.5. The lowest BCUT2D eigenvalue weighted by molar-refractivity contribution is -0.121. The fraction of sp³-hybridized carbons (Fsp3) is 0.652. The van der Waals surface area contributed by atoms with Crippen LogP contribution in [0, 0.1) is 5.92 Å². The Morgan fingerprint density at radius 1 is 0.967 bits per heavy atom. The summed E-state index contributed by atoms with van der Waals surface area (Å²) in [5.41, 5.74) is 0.703. The Balaban J connectivity index is 1.27. The summed E-state index contributed by atoms with van der Waals surface area (Å²) in [5.74, 6) is 0.609. The number of nitrogens with zero attached hydrogens (tertiary/aromatic N) is 2. The average Bonchev–Trinajstić information content (AvgIpc) is 3.34. The smallest absolute Gasteiger partial charge is 0.319 e. The van der Waals surface area contributed by atoms with Gasteiger partial charge in [-0.3, -0.25) is 4.79 Å². The summed E-state index contributed by atoms with van der Waals surface area (Å²) in [7, 11) is 0.